The van der Waals surface area contributed by atoms with Gasteiger partial charge < -0.3 is 27.8 Å². The highest BCUT2D eigenvalue weighted by Crippen LogP contribution is 2.30. The van der Waals surface area contributed by atoms with Crippen LogP contribution in [-0.4, -0.2) is 36.7 Å². The predicted octanol–water partition coefficient (Wildman–Crippen LogP) is 3.37. The fraction of sp³-hybridized carbons (Fsp3) is 0.0667. The van der Waals surface area contributed by atoms with E-state index in [2.05, 4.69) is 15.6 Å². The Balaban J connectivity index is 1.35. The van der Waals surface area contributed by atoms with Crippen molar-refractivity contribution in [2.24, 2.45) is 22.2 Å². The number of amidine groups is 1. The Labute approximate surface area is 226 Å². The third-order valence-electron chi connectivity index (χ3n) is 5.92. The lowest BCUT2D eigenvalue weighted by Gasteiger charge is -2.10. The van der Waals surface area contributed by atoms with Crippen LogP contribution in [0.15, 0.2) is 102 Å². The molecule has 0 aliphatic rings. The topological polar surface area (TPSA) is 172 Å². The van der Waals surface area contributed by atoms with E-state index in [1.165, 1.54) is 0 Å². The molecule has 0 aliphatic carbocycles. The summed E-state index contributed by atoms with van der Waals surface area (Å²) in [6.45, 7) is 0.501. The molecule has 196 valence electrons. The summed E-state index contributed by atoms with van der Waals surface area (Å²) >= 11 is 0. The van der Waals surface area contributed by atoms with Crippen LogP contribution in [0.1, 0.15) is 26.3 Å². The van der Waals surface area contributed by atoms with Crippen LogP contribution in [0, 0.1) is 5.41 Å². The summed E-state index contributed by atoms with van der Waals surface area (Å²) < 4.78 is 0. The Bertz CT molecular complexity index is 1560. The van der Waals surface area contributed by atoms with Gasteiger partial charge in [-0.15, -0.1) is 0 Å². The fourth-order valence-electron chi connectivity index (χ4n) is 4.04. The van der Waals surface area contributed by atoms with Crippen LogP contribution in [0.3, 0.4) is 0 Å². The van der Waals surface area contributed by atoms with E-state index >= 15 is 0 Å². The molecule has 0 fully saturated rings. The minimum absolute atomic E-state index is 0.0183. The molecule has 0 unspecified atom stereocenters. The normalized spacial score (nSPS) is 10.4. The number of para-hydroxylation sites is 1. The summed E-state index contributed by atoms with van der Waals surface area (Å²) in [7, 11) is 0. The summed E-state index contributed by atoms with van der Waals surface area (Å²) in [6, 6.07) is 29.0. The van der Waals surface area contributed by atoms with Crippen molar-refractivity contribution in [2.75, 3.05) is 13.1 Å². The standard InChI is InChI=1S/C30H29N7O2/c31-27(32)22-9-3-6-19(16-22)20-7-4-10-23(17-20)28(38)35-14-15-36-29(39)24-11-5-8-21(18-24)25-12-1-2-13-26(25)37-30(33)34/h1-13,16-18H,14-15H2,(H3,31,32)(H,35,38)(H,36,39)(H4,33,34,37). The number of carbonyl (C=O) groups is 2. The Morgan fingerprint density at radius 3 is 1.69 bits per heavy atom. The number of nitrogens with two attached hydrogens (primary N) is 3. The van der Waals surface area contributed by atoms with Crippen molar-refractivity contribution in [3.8, 4) is 22.3 Å². The molecular formula is C30H29N7O2. The average Bonchev–Trinajstić information content (AvgIpc) is 2.95. The summed E-state index contributed by atoms with van der Waals surface area (Å²) in [4.78, 5) is 29.7. The minimum atomic E-state index is -0.266. The van der Waals surface area contributed by atoms with E-state index in [1.54, 1.807) is 48.5 Å². The van der Waals surface area contributed by atoms with Crippen molar-refractivity contribution in [2.45, 2.75) is 0 Å². The van der Waals surface area contributed by atoms with E-state index < -0.39 is 0 Å². The molecule has 9 nitrogen and oxygen atoms in total. The molecule has 0 radical (unpaired) electrons. The average molecular weight is 520 g/mol. The Morgan fingerprint density at radius 2 is 1.13 bits per heavy atom. The van der Waals surface area contributed by atoms with Crippen molar-refractivity contribution in [3.05, 3.63) is 114 Å². The number of nitrogens with zero attached hydrogens (tertiary/aromatic N) is 1. The van der Waals surface area contributed by atoms with E-state index in [9.17, 15) is 9.59 Å². The third-order valence-corrected chi connectivity index (χ3v) is 5.92. The Kier molecular flexibility index (Phi) is 8.33. The van der Waals surface area contributed by atoms with Gasteiger partial charge in [0.25, 0.3) is 11.8 Å². The first-order valence-electron chi connectivity index (χ1n) is 12.2. The molecule has 0 heterocycles. The smallest absolute Gasteiger partial charge is 0.251 e. The van der Waals surface area contributed by atoms with Gasteiger partial charge in [-0.3, -0.25) is 15.0 Å². The largest absolute Gasteiger partial charge is 0.384 e. The second kappa shape index (κ2) is 12.2. The number of hydrogen-bond donors (Lipinski definition) is 6. The van der Waals surface area contributed by atoms with Crippen LogP contribution >= 0.6 is 0 Å². The molecule has 0 aliphatic heterocycles. The van der Waals surface area contributed by atoms with E-state index in [0.29, 0.717) is 22.4 Å². The Morgan fingerprint density at radius 1 is 0.641 bits per heavy atom. The third kappa shape index (κ3) is 6.86. The van der Waals surface area contributed by atoms with Crippen molar-refractivity contribution >= 4 is 29.3 Å². The van der Waals surface area contributed by atoms with Crippen molar-refractivity contribution in [3.63, 3.8) is 0 Å². The summed E-state index contributed by atoms with van der Waals surface area (Å²) in [5.74, 6) is -0.590. The molecular weight excluding hydrogens is 490 g/mol. The lowest BCUT2D eigenvalue weighted by Crippen LogP contribution is -2.34. The van der Waals surface area contributed by atoms with Crippen LogP contribution in [0.4, 0.5) is 5.69 Å². The second-order valence-electron chi connectivity index (χ2n) is 8.72. The molecule has 4 aromatic rings. The fourth-order valence-corrected chi connectivity index (χ4v) is 4.04. The van der Waals surface area contributed by atoms with Gasteiger partial charge in [-0.1, -0.05) is 60.7 Å². The molecule has 9 heteroatoms. The van der Waals surface area contributed by atoms with Gasteiger partial charge in [0.15, 0.2) is 5.96 Å². The second-order valence-corrected chi connectivity index (χ2v) is 8.72. The highest BCUT2D eigenvalue weighted by molar-refractivity contribution is 5.98. The number of aliphatic imine (C=N–C) groups is 1. The quantitative estimate of drug-likeness (QED) is 0.113. The molecule has 0 bridgehead atoms. The molecule has 0 aromatic heterocycles. The van der Waals surface area contributed by atoms with Crippen molar-refractivity contribution < 1.29 is 9.59 Å². The lowest BCUT2D eigenvalue weighted by atomic mass is 10.0. The van der Waals surface area contributed by atoms with Crippen LogP contribution in [0.2, 0.25) is 0 Å². The van der Waals surface area contributed by atoms with Gasteiger partial charge in [-0.2, -0.15) is 0 Å². The van der Waals surface area contributed by atoms with Gasteiger partial charge >= 0.3 is 0 Å². The molecule has 0 atom stereocenters. The number of rotatable bonds is 9. The van der Waals surface area contributed by atoms with Crippen molar-refractivity contribution in [1.29, 1.82) is 5.41 Å². The number of carbonyl (C=O) groups excluding carboxylic acids is 2. The van der Waals surface area contributed by atoms with Crippen LogP contribution in [0.5, 0.6) is 0 Å². The van der Waals surface area contributed by atoms with Gasteiger partial charge in [0.1, 0.15) is 5.84 Å². The van der Waals surface area contributed by atoms with Gasteiger partial charge in [0, 0.05) is 35.3 Å². The zero-order valence-corrected chi connectivity index (χ0v) is 21.1. The van der Waals surface area contributed by atoms with Crippen LogP contribution < -0.4 is 27.8 Å². The molecule has 39 heavy (non-hydrogen) atoms. The molecule has 4 aromatic carbocycles. The number of nitrogens with one attached hydrogen (secondary N) is 3. The van der Waals surface area contributed by atoms with Crippen molar-refractivity contribution in [1.82, 2.24) is 10.6 Å². The molecule has 4 rings (SSSR count). The minimum Gasteiger partial charge on any atom is -0.384 e. The summed E-state index contributed by atoms with van der Waals surface area (Å²) in [5.41, 5.74) is 22.1. The monoisotopic (exact) mass is 519 g/mol. The van der Waals surface area contributed by atoms with E-state index in [4.69, 9.17) is 22.6 Å². The first-order chi connectivity index (χ1) is 18.8. The van der Waals surface area contributed by atoms with Gasteiger partial charge in [0.05, 0.1) is 5.69 Å². The number of amides is 2. The molecule has 0 saturated heterocycles. The van der Waals surface area contributed by atoms with Crippen LogP contribution in [-0.2, 0) is 0 Å². The van der Waals surface area contributed by atoms with E-state index in [-0.39, 0.29) is 36.7 Å². The zero-order valence-electron chi connectivity index (χ0n) is 21.1. The number of guanidine groups is 1. The maximum Gasteiger partial charge on any atom is 0.251 e. The zero-order chi connectivity index (χ0) is 27.8. The summed E-state index contributed by atoms with van der Waals surface area (Å²) in [5, 5.41) is 13.3. The number of nitrogen functional groups attached to an aromatic ring is 1. The van der Waals surface area contributed by atoms with Crippen LogP contribution in [0.25, 0.3) is 22.3 Å². The van der Waals surface area contributed by atoms with Gasteiger partial charge in [-0.25, -0.2) is 4.99 Å². The van der Waals surface area contributed by atoms with E-state index in [1.807, 2.05) is 48.5 Å². The SMILES string of the molecule is N=C(N)c1cccc(-c2cccc(C(=O)NCCNC(=O)c3cccc(-c4ccccc4N=C(N)N)c3)c2)c1. The highest BCUT2D eigenvalue weighted by Gasteiger charge is 2.11. The van der Waals surface area contributed by atoms with Gasteiger partial charge in [-0.05, 0) is 53.1 Å². The molecule has 0 saturated carbocycles. The summed E-state index contributed by atoms with van der Waals surface area (Å²) in [6.07, 6.45) is 0. The lowest BCUT2D eigenvalue weighted by molar-refractivity contribution is 0.0927. The van der Waals surface area contributed by atoms with Gasteiger partial charge in [0.2, 0.25) is 0 Å². The van der Waals surface area contributed by atoms with E-state index in [0.717, 1.165) is 22.3 Å². The molecule has 0 spiro atoms. The maximum absolute atomic E-state index is 12.8. The molecule has 9 N–H and O–H groups in total. The Hall–Kier alpha value is -5.44. The highest BCUT2D eigenvalue weighted by atomic mass is 16.2. The first kappa shape index (κ1) is 26.6. The number of benzene rings is 4. The molecule has 2 amide bonds. The number of hydrogen-bond acceptors (Lipinski definition) is 4. The predicted molar refractivity (Wildman–Crippen MR) is 155 cm³/mol. The first-order valence-corrected chi connectivity index (χ1v) is 12.2. The maximum atomic E-state index is 12.8.